The van der Waals surface area contributed by atoms with E-state index in [0.717, 1.165) is 27.7 Å². The van der Waals surface area contributed by atoms with E-state index in [2.05, 4.69) is 18.8 Å². The second-order valence-corrected chi connectivity index (χ2v) is 5.52. The van der Waals surface area contributed by atoms with Gasteiger partial charge in [-0.2, -0.15) is 0 Å². The van der Waals surface area contributed by atoms with Crippen LogP contribution >= 0.6 is 11.3 Å². The second kappa shape index (κ2) is 8.35. The lowest BCUT2D eigenvalue weighted by Crippen LogP contribution is -1.99. The minimum absolute atomic E-state index is 0.381. The van der Waals surface area contributed by atoms with E-state index in [1.807, 2.05) is 36.4 Å². The molecule has 2 rings (SSSR count). The SMILES string of the molecule is CCCOc1ccccc1OCc1ccc(C#CCN)s1. The summed E-state index contributed by atoms with van der Waals surface area (Å²) in [6, 6.07) is 11.8. The van der Waals surface area contributed by atoms with Crippen LogP contribution < -0.4 is 15.2 Å². The molecule has 110 valence electrons. The van der Waals surface area contributed by atoms with Crippen LogP contribution in [-0.4, -0.2) is 13.2 Å². The van der Waals surface area contributed by atoms with E-state index >= 15 is 0 Å². The van der Waals surface area contributed by atoms with Gasteiger partial charge in [0.15, 0.2) is 11.5 Å². The Labute approximate surface area is 129 Å². The van der Waals surface area contributed by atoms with Crippen LogP contribution in [0.5, 0.6) is 11.5 Å². The van der Waals surface area contributed by atoms with E-state index in [0.29, 0.717) is 19.8 Å². The predicted octanol–water partition coefficient (Wildman–Crippen LogP) is 3.43. The summed E-state index contributed by atoms with van der Waals surface area (Å²) in [5.74, 6) is 7.44. The highest BCUT2D eigenvalue weighted by Crippen LogP contribution is 2.28. The number of rotatable bonds is 6. The number of hydrogen-bond donors (Lipinski definition) is 1. The molecule has 1 aromatic carbocycles. The van der Waals surface area contributed by atoms with Crippen LogP contribution in [0, 0.1) is 11.8 Å². The molecule has 0 fully saturated rings. The summed E-state index contributed by atoms with van der Waals surface area (Å²) < 4.78 is 11.5. The van der Waals surface area contributed by atoms with E-state index in [-0.39, 0.29) is 0 Å². The second-order valence-electron chi connectivity index (χ2n) is 4.36. The molecule has 2 N–H and O–H groups in total. The quantitative estimate of drug-likeness (QED) is 0.831. The number of para-hydroxylation sites is 2. The Kier molecular flexibility index (Phi) is 6.14. The van der Waals surface area contributed by atoms with Crippen LogP contribution in [0.25, 0.3) is 0 Å². The molecule has 0 saturated heterocycles. The maximum atomic E-state index is 5.85. The van der Waals surface area contributed by atoms with Gasteiger partial charge in [0.25, 0.3) is 0 Å². The molecule has 0 spiro atoms. The van der Waals surface area contributed by atoms with Gasteiger partial charge in [0.1, 0.15) is 6.61 Å². The highest BCUT2D eigenvalue weighted by molar-refractivity contribution is 7.12. The minimum atomic E-state index is 0.381. The number of thiophene rings is 1. The summed E-state index contributed by atoms with van der Waals surface area (Å²) >= 11 is 1.62. The maximum Gasteiger partial charge on any atom is 0.161 e. The molecule has 0 unspecified atom stereocenters. The highest BCUT2D eigenvalue weighted by atomic mass is 32.1. The monoisotopic (exact) mass is 301 g/mol. The summed E-state index contributed by atoms with van der Waals surface area (Å²) in [7, 11) is 0. The normalized spacial score (nSPS) is 9.81. The van der Waals surface area contributed by atoms with Crippen molar-refractivity contribution in [2.75, 3.05) is 13.2 Å². The zero-order valence-corrected chi connectivity index (χ0v) is 12.9. The summed E-state index contributed by atoms with van der Waals surface area (Å²) in [6.45, 7) is 3.67. The van der Waals surface area contributed by atoms with E-state index in [9.17, 15) is 0 Å². The lowest BCUT2D eigenvalue weighted by Gasteiger charge is -2.11. The molecule has 0 aliphatic carbocycles. The van der Waals surface area contributed by atoms with Gasteiger partial charge in [0, 0.05) is 4.88 Å². The number of benzene rings is 1. The third-order valence-electron chi connectivity index (χ3n) is 2.66. The Hall–Kier alpha value is -1.96. The molecule has 21 heavy (non-hydrogen) atoms. The Bertz CT molecular complexity index is 625. The van der Waals surface area contributed by atoms with Crippen molar-refractivity contribution in [1.29, 1.82) is 0 Å². The summed E-state index contributed by atoms with van der Waals surface area (Å²) in [5, 5.41) is 0. The van der Waals surface area contributed by atoms with Gasteiger partial charge < -0.3 is 15.2 Å². The molecule has 0 radical (unpaired) electrons. The van der Waals surface area contributed by atoms with Crippen LogP contribution in [0.1, 0.15) is 23.1 Å². The molecule has 0 atom stereocenters. The number of nitrogens with two attached hydrogens (primary N) is 1. The van der Waals surface area contributed by atoms with Gasteiger partial charge >= 0.3 is 0 Å². The van der Waals surface area contributed by atoms with E-state index in [1.54, 1.807) is 11.3 Å². The van der Waals surface area contributed by atoms with Gasteiger partial charge in [-0.05, 0) is 30.7 Å². The van der Waals surface area contributed by atoms with Crippen molar-refractivity contribution in [2.45, 2.75) is 20.0 Å². The molecule has 0 aliphatic rings. The molecule has 0 aliphatic heterocycles. The maximum absolute atomic E-state index is 5.85. The zero-order chi connectivity index (χ0) is 14.9. The van der Waals surface area contributed by atoms with Crippen molar-refractivity contribution in [2.24, 2.45) is 5.73 Å². The standard InChI is InChI=1S/C17H19NO2S/c1-2-12-19-16-7-3-4-8-17(16)20-13-15-10-9-14(21-15)6-5-11-18/h3-4,7-10H,2,11-13,18H2,1H3. The van der Waals surface area contributed by atoms with Crippen LogP contribution in [-0.2, 0) is 6.61 Å². The first-order valence-electron chi connectivity index (χ1n) is 6.95. The van der Waals surface area contributed by atoms with Crippen molar-refractivity contribution >= 4 is 11.3 Å². The molecule has 0 bridgehead atoms. The molecule has 4 heteroatoms. The highest BCUT2D eigenvalue weighted by Gasteiger charge is 2.05. The Morgan fingerprint density at radius 1 is 1.10 bits per heavy atom. The average Bonchev–Trinajstić information content (AvgIpc) is 2.97. The van der Waals surface area contributed by atoms with E-state index in [1.165, 1.54) is 0 Å². The van der Waals surface area contributed by atoms with Gasteiger partial charge in [-0.1, -0.05) is 30.9 Å². The zero-order valence-electron chi connectivity index (χ0n) is 12.1. The average molecular weight is 301 g/mol. The lowest BCUT2D eigenvalue weighted by molar-refractivity contribution is 0.263. The fourth-order valence-electron chi connectivity index (χ4n) is 1.71. The first-order chi connectivity index (χ1) is 10.3. The molecule has 2 aromatic rings. The lowest BCUT2D eigenvalue weighted by atomic mass is 10.3. The Balaban J connectivity index is 1.98. The van der Waals surface area contributed by atoms with Gasteiger partial charge in [-0.3, -0.25) is 0 Å². The molecule has 0 saturated carbocycles. The minimum Gasteiger partial charge on any atom is -0.490 e. The fourth-order valence-corrected chi connectivity index (χ4v) is 2.51. The van der Waals surface area contributed by atoms with Gasteiger partial charge in [-0.25, -0.2) is 0 Å². The Morgan fingerprint density at radius 3 is 2.57 bits per heavy atom. The van der Waals surface area contributed by atoms with Crippen molar-refractivity contribution in [3.05, 3.63) is 46.2 Å². The van der Waals surface area contributed by atoms with E-state index in [4.69, 9.17) is 15.2 Å². The summed E-state index contributed by atoms with van der Waals surface area (Å²) in [6.07, 6.45) is 0.975. The van der Waals surface area contributed by atoms with Crippen molar-refractivity contribution < 1.29 is 9.47 Å². The van der Waals surface area contributed by atoms with Crippen molar-refractivity contribution in [1.82, 2.24) is 0 Å². The van der Waals surface area contributed by atoms with Crippen LogP contribution in [0.3, 0.4) is 0 Å². The summed E-state index contributed by atoms with van der Waals surface area (Å²) in [4.78, 5) is 2.14. The first kappa shape index (κ1) is 15.4. The van der Waals surface area contributed by atoms with Gasteiger partial charge in [0.05, 0.1) is 18.0 Å². The fraction of sp³-hybridized carbons (Fsp3) is 0.294. The molecule has 1 heterocycles. The van der Waals surface area contributed by atoms with Crippen molar-refractivity contribution in [3.8, 4) is 23.3 Å². The predicted molar refractivity (Wildman–Crippen MR) is 86.8 cm³/mol. The molecular formula is C17H19NO2S. The smallest absolute Gasteiger partial charge is 0.161 e. The van der Waals surface area contributed by atoms with E-state index < -0.39 is 0 Å². The van der Waals surface area contributed by atoms with Gasteiger partial charge in [0.2, 0.25) is 0 Å². The first-order valence-corrected chi connectivity index (χ1v) is 7.77. The molecular weight excluding hydrogens is 282 g/mol. The number of hydrogen-bond acceptors (Lipinski definition) is 4. The third kappa shape index (κ3) is 4.82. The molecule has 3 nitrogen and oxygen atoms in total. The van der Waals surface area contributed by atoms with Crippen LogP contribution in [0.2, 0.25) is 0 Å². The topological polar surface area (TPSA) is 44.5 Å². The molecule has 1 aromatic heterocycles. The largest absolute Gasteiger partial charge is 0.490 e. The third-order valence-corrected chi connectivity index (χ3v) is 3.63. The Morgan fingerprint density at radius 2 is 1.86 bits per heavy atom. The van der Waals surface area contributed by atoms with Gasteiger partial charge in [-0.15, -0.1) is 11.3 Å². The number of ether oxygens (including phenoxy) is 2. The van der Waals surface area contributed by atoms with Crippen molar-refractivity contribution in [3.63, 3.8) is 0 Å². The molecule has 0 amide bonds. The van der Waals surface area contributed by atoms with Crippen LogP contribution in [0.15, 0.2) is 36.4 Å². The summed E-state index contributed by atoms with van der Waals surface area (Å²) in [5.41, 5.74) is 5.37. The van der Waals surface area contributed by atoms with Crippen LogP contribution in [0.4, 0.5) is 0 Å².